The first-order valence-corrected chi connectivity index (χ1v) is 12.2. The fourth-order valence-electron chi connectivity index (χ4n) is 4.25. The second kappa shape index (κ2) is 10.4. The third-order valence-corrected chi connectivity index (χ3v) is 6.12. The Hall–Kier alpha value is -4.63. The van der Waals surface area contributed by atoms with Crippen LogP contribution in [0.4, 0.5) is 0 Å². The van der Waals surface area contributed by atoms with Gasteiger partial charge in [-0.3, -0.25) is 4.79 Å². The zero-order chi connectivity index (χ0) is 26.7. The highest BCUT2D eigenvalue weighted by molar-refractivity contribution is 5.95. The van der Waals surface area contributed by atoms with Crippen LogP contribution in [0.3, 0.4) is 0 Å². The lowest BCUT2D eigenvalue weighted by molar-refractivity contribution is 0.0785. The van der Waals surface area contributed by atoms with Crippen LogP contribution >= 0.6 is 0 Å². The van der Waals surface area contributed by atoms with Gasteiger partial charge in [-0.25, -0.2) is 9.97 Å². The minimum atomic E-state index is -0.903. The molecule has 3 aromatic heterocycles. The molecule has 2 N–H and O–H groups in total. The summed E-state index contributed by atoms with van der Waals surface area (Å²) < 4.78 is 11.5. The Balaban J connectivity index is 1.46. The minimum absolute atomic E-state index is 0.147. The molecule has 0 bridgehead atoms. The third-order valence-electron chi connectivity index (χ3n) is 6.12. The van der Waals surface area contributed by atoms with Gasteiger partial charge in [0, 0.05) is 19.2 Å². The maximum Gasteiger partial charge on any atom is 0.266 e. The third kappa shape index (κ3) is 5.52. The molecule has 2 aromatic carbocycles. The van der Waals surface area contributed by atoms with E-state index in [4.69, 9.17) is 14.6 Å². The average molecular weight is 509 g/mol. The van der Waals surface area contributed by atoms with E-state index in [0.29, 0.717) is 29.9 Å². The number of benzene rings is 2. The number of rotatable bonds is 8. The van der Waals surface area contributed by atoms with Crippen molar-refractivity contribution in [2.75, 3.05) is 7.05 Å². The first-order valence-electron chi connectivity index (χ1n) is 12.2. The largest absolute Gasteiger partial charge is 0.443 e. The highest BCUT2D eigenvalue weighted by Crippen LogP contribution is 2.28. The predicted octanol–water partition coefficient (Wildman–Crippen LogP) is 4.78. The molecule has 9 heteroatoms. The van der Waals surface area contributed by atoms with Crippen LogP contribution in [-0.4, -0.2) is 38.0 Å². The van der Waals surface area contributed by atoms with Gasteiger partial charge in [0.25, 0.3) is 11.8 Å². The fraction of sp³-hybridized carbons (Fsp3) is 0.207. The summed E-state index contributed by atoms with van der Waals surface area (Å²) in [6, 6.07) is 21.2. The van der Waals surface area contributed by atoms with Gasteiger partial charge in [0.2, 0.25) is 11.8 Å². The molecule has 0 saturated carbocycles. The lowest BCUT2D eigenvalue weighted by Crippen LogP contribution is -2.35. The van der Waals surface area contributed by atoms with Crippen LogP contribution in [-0.2, 0) is 18.5 Å². The first-order chi connectivity index (χ1) is 18.3. The number of aryl methyl sites for hydroxylation is 1. The molecule has 0 spiro atoms. The molecule has 9 nitrogen and oxygen atoms in total. The summed E-state index contributed by atoms with van der Waals surface area (Å²) in [5.41, 5.74) is 9.96. The van der Waals surface area contributed by atoms with Crippen LogP contribution in [0.15, 0.2) is 88.0 Å². The van der Waals surface area contributed by atoms with E-state index in [1.165, 1.54) is 12.5 Å². The molecule has 38 heavy (non-hydrogen) atoms. The van der Waals surface area contributed by atoms with E-state index in [0.717, 1.165) is 16.7 Å². The van der Waals surface area contributed by atoms with E-state index in [1.807, 2.05) is 62.4 Å². The van der Waals surface area contributed by atoms with Gasteiger partial charge in [-0.05, 0) is 43.5 Å². The zero-order valence-electron chi connectivity index (χ0n) is 21.5. The van der Waals surface area contributed by atoms with E-state index < -0.39 is 5.54 Å². The van der Waals surface area contributed by atoms with Gasteiger partial charge in [-0.2, -0.15) is 0 Å². The number of carbonyl (C=O) groups excluding carboxylic acids is 1. The van der Waals surface area contributed by atoms with Crippen molar-refractivity contribution in [3.63, 3.8) is 0 Å². The molecule has 5 aromatic rings. The SMILES string of the molecule is Cc1cccc(CN(C)C(=O)c2cc(-c3ncco3)nc(-c3nnc([C@@](C)(N)Cc4ccccc4)o3)c2)c1. The molecule has 0 unspecified atom stereocenters. The van der Waals surface area contributed by atoms with Crippen LogP contribution in [0.25, 0.3) is 23.2 Å². The molecule has 1 amide bonds. The Labute approximate surface area is 220 Å². The molecule has 5 rings (SSSR count). The van der Waals surface area contributed by atoms with Gasteiger partial charge in [-0.1, -0.05) is 60.2 Å². The predicted molar refractivity (Wildman–Crippen MR) is 142 cm³/mol. The van der Waals surface area contributed by atoms with Crippen molar-refractivity contribution in [3.05, 3.63) is 107 Å². The van der Waals surface area contributed by atoms with E-state index in [2.05, 4.69) is 26.2 Å². The van der Waals surface area contributed by atoms with Crippen LogP contribution in [0.5, 0.6) is 0 Å². The van der Waals surface area contributed by atoms with Crippen molar-refractivity contribution >= 4 is 5.91 Å². The molecule has 0 saturated heterocycles. The lowest BCUT2D eigenvalue weighted by atomic mass is 9.94. The van der Waals surface area contributed by atoms with E-state index in [1.54, 1.807) is 24.1 Å². The Morgan fingerprint density at radius 2 is 1.71 bits per heavy atom. The van der Waals surface area contributed by atoms with Gasteiger partial charge in [0.1, 0.15) is 17.7 Å². The topological polar surface area (TPSA) is 124 Å². The molecule has 0 fully saturated rings. The number of aromatic nitrogens is 4. The van der Waals surface area contributed by atoms with Crippen LogP contribution in [0.1, 0.15) is 39.9 Å². The number of amides is 1. The summed E-state index contributed by atoms with van der Waals surface area (Å²) in [7, 11) is 1.75. The smallest absolute Gasteiger partial charge is 0.266 e. The average Bonchev–Trinajstić information content (AvgIpc) is 3.62. The Morgan fingerprint density at radius 1 is 0.974 bits per heavy atom. The number of nitrogens with two attached hydrogens (primary N) is 1. The number of carbonyl (C=O) groups is 1. The number of hydrogen-bond acceptors (Lipinski definition) is 8. The summed E-state index contributed by atoms with van der Waals surface area (Å²) in [6.07, 6.45) is 3.47. The number of nitrogens with zero attached hydrogens (tertiary/aromatic N) is 5. The summed E-state index contributed by atoms with van der Waals surface area (Å²) in [6.45, 7) is 4.30. The van der Waals surface area contributed by atoms with Crippen LogP contribution in [0.2, 0.25) is 0 Å². The van der Waals surface area contributed by atoms with Crippen LogP contribution in [0, 0.1) is 6.92 Å². The van der Waals surface area contributed by atoms with Crippen molar-refractivity contribution < 1.29 is 13.6 Å². The van der Waals surface area contributed by atoms with E-state index >= 15 is 0 Å². The molecule has 1 atom stereocenters. The number of oxazole rings is 1. The standard InChI is InChI=1S/C29H28N6O3/c1-19-8-7-11-21(14-19)18-35(3)27(36)22-15-23(25-31-12-13-37-25)32-24(16-22)26-33-34-28(38-26)29(2,30)17-20-9-5-4-6-10-20/h4-16H,17-18,30H2,1-3H3/t29-/m0/s1. The van der Waals surface area contributed by atoms with E-state index in [9.17, 15) is 4.79 Å². The van der Waals surface area contributed by atoms with Gasteiger partial charge in [-0.15, -0.1) is 10.2 Å². The quantitative estimate of drug-likeness (QED) is 0.317. The normalized spacial score (nSPS) is 12.7. The minimum Gasteiger partial charge on any atom is -0.443 e. The summed E-state index contributed by atoms with van der Waals surface area (Å²) in [5.74, 6) is 0.489. The molecular weight excluding hydrogens is 480 g/mol. The molecule has 0 radical (unpaired) electrons. The van der Waals surface area contributed by atoms with Crippen molar-refractivity contribution in [1.29, 1.82) is 0 Å². The monoisotopic (exact) mass is 508 g/mol. The molecular formula is C29H28N6O3. The van der Waals surface area contributed by atoms with Gasteiger partial charge in [0.05, 0.1) is 11.7 Å². The van der Waals surface area contributed by atoms with Crippen molar-refractivity contribution in [3.8, 4) is 23.2 Å². The summed E-state index contributed by atoms with van der Waals surface area (Å²) >= 11 is 0. The molecule has 0 aliphatic carbocycles. The molecule has 0 aliphatic rings. The maximum absolute atomic E-state index is 13.5. The first kappa shape index (κ1) is 25.0. The van der Waals surface area contributed by atoms with Crippen LogP contribution < -0.4 is 5.73 Å². The van der Waals surface area contributed by atoms with Gasteiger partial charge >= 0.3 is 0 Å². The van der Waals surface area contributed by atoms with Crippen molar-refractivity contribution in [1.82, 2.24) is 25.1 Å². The zero-order valence-corrected chi connectivity index (χ0v) is 21.5. The van der Waals surface area contributed by atoms with Crippen molar-refractivity contribution in [2.24, 2.45) is 5.73 Å². The Kier molecular flexibility index (Phi) is 6.85. The molecule has 0 aliphatic heterocycles. The van der Waals surface area contributed by atoms with Gasteiger partial charge < -0.3 is 19.5 Å². The highest BCUT2D eigenvalue weighted by atomic mass is 16.4. The summed E-state index contributed by atoms with van der Waals surface area (Å²) in [5, 5.41) is 8.41. The number of pyridine rings is 1. The fourth-order valence-corrected chi connectivity index (χ4v) is 4.25. The molecule has 192 valence electrons. The summed E-state index contributed by atoms with van der Waals surface area (Å²) in [4.78, 5) is 23.9. The van der Waals surface area contributed by atoms with E-state index in [-0.39, 0.29) is 23.6 Å². The highest BCUT2D eigenvalue weighted by Gasteiger charge is 2.29. The Morgan fingerprint density at radius 3 is 2.42 bits per heavy atom. The molecule has 3 heterocycles. The van der Waals surface area contributed by atoms with Crippen molar-refractivity contribution in [2.45, 2.75) is 32.4 Å². The Bertz CT molecular complexity index is 1540. The second-order valence-corrected chi connectivity index (χ2v) is 9.61. The van der Waals surface area contributed by atoms with Gasteiger partial charge in [0.15, 0.2) is 0 Å². The second-order valence-electron chi connectivity index (χ2n) is 9.61. The lowest BCUT2D eigenvalue weighted by Gasteiger charge is -2.20. The maximum atomic E-state index is 13.5. The number of hydrogen-bond donors (Lipinski definition) is 1.